The Kier molecular flexibility index (Phi) is 5.44. The van der Waals surface area contributed by atoms with Crippen LogP contribution >= 0.6 is 0 Å². The van der Waals surface area contributed by atoms with Crippen LogP contribution in [-0.4, -0.2) is 42.6 Å². The molecule has 0 fully saturated rings. The molecule has 0 aliphatic heterocycles. The Bertz CT molecular complexity index is 394. The average molecular weight is 256 g/mol. The molecule has 5 heteroatoms. The van der Waals surface area contributed by atoms with Gasteiger partial charge in [-0.25, -0.2) is 0 Å². The standard InChI is InChI=1S/C12H20N2O2S/c1-14(2)7-4-8-17(15)12-6-5-10(13)9-11(12)16-3/h5-6,9H,4,7-8,13H2,1-3H3. The van der Waals surface area contributed by atoms with E-state index in [0.717, 1.165) is 17.9 Å². The van der Waals surface area contributed by atoms with E-state index >= 15 is 0 Å². The van der Waals surface area contributed by atoms with Crippen molar-refractivity contribution in [2.45, 2.75) is 11.3 Å². The van der Waals surface area contributed by atoms with Crippen molar-refractivity contribution >= 4 is 16.5 Å². The van der Waals surface area contributed by atoms with E-state index in [4.69, 9.17) is 10.5 Å². The molecule has 0 saturated heterocycles. The van der Waals surface area contributed by atoms with Crippen molar-refractivity contribution in [3.63, 3.8) is 0 Å². The molecule has 0 aromatic heterocycles. The van der Waals surface area contributed by atoms with Gasteiger partial charge in [-0.2, -0.15) is 0 Å². The first-order valence-corrected chi connectivity index (χ1v) is 6.83. The molecule has 0 amide bonds. The minimum absolute atomic E-state index is 0.605. The number of ether oxygens (including phenoxy) is 1. The smallest absolute Gasteiger partial charge is 0.137 e. The molecule has 0 spiro atoms. The Morgan fingerprint density at radius 2 is 2.12 bits per heavy atom. The number of nitrogen functional groups attached to an aromatic ring is 1. The number of hydrogen-bond acceptors (Lipinski definition) is 4. The fourth-order valence-corrected chi connectivity index (χ4v) is 2.69. The van der Waals surface area contributed by atoms with Gasteiger partial charge in [0.25, 0.3) is 0 Å². The van der Waals surface area contributed by atoms with Crippen LogP contribution in [-0.2, 0) is 10.8 Å². The Labute approximate surface area is 105 Å². The van der Waals surface area contributed by atoms with Crippen LogP contribution in [0.1, 0.15) is 6.42 Å². The molecule has 1 aromatic carbocycles. The van der Waals surface area contributed by atoms with Gasteiger partial charge < -0.3 is 15.4 Å². The summed E-state index contributed by atoms with van der Waals surface area (Å²) in [7, 11) is 4.55. The van der Waals surface area contributed by atoms with E-state index in [2.05, 4.69) is 4.90 Å². The van der Waals surface area contributed by atoms with E-state index < -0.39 is 10.8 Å². The van der Waals surface area contributed by atoms with Crippen molar-refractivity contribution in [2.24, 2.45) is 0 Å². The van der Waals surface area contributed by atoms with E-state index in [9.17, 15) is 4.21 Å². The molecule has 1 rings (SSSR count). The maximum atomic E-state index is 12.1. The maximum Gasteiger partial charge on any atom is 0.137 e. The van der Waals surface area contributed by atoms with Gasteiger partial charge in [-0.05, 0) is 39.2 Å². The molecule has 0 radical (unpaired) electrons. The first-order chi connectivity index (χ1) is 8.04. The van der Waals surface area contributed by atoms with Crippen LogP contribution in [0, 0.1) is 0 Å². The van der Waals surface area contributed by atoms with E-state index in [1.165, 1.54) is 0 Å². The molecule has 96 valence electrons. The summed E-state index contributed by atoms with van der Waals surface area (Å²) >= 11 is 0. The lowest BCUT2D eigenvalue weighted by molar-refractivity contribution is 0.403. The molecule has 17 heavy (non-hydrogen) atoms. The van der Waals surface area contributed by atoms with Gasteiger partial charge in [0.1, 0.15) is 5.75 Å². The highest BCUT2D eigenvalue weighted by molar-refractivity contribution is 7.85. The number of nitrogens with zero attached hydrogens (tertiary/aromatic N) is 1. The van der Waals surface area contributed by atoms with Crippen molar-refractivity contribution in [1.82, 2.24) is 4.90 Å². The van der Waals surface area contributed by atoms with E-state index in [0.29, 0.717) is 17.2 Å². The third kappa shape index (κ3) is 4.36. The van der Waals surface area contributed by atoms with E-state index in [1.807, 2.05) is 14.1 Å². The van der Waals surface area contributed by atoms with Gasteiger partial charge in [0, 0.05) is 17.5 Å². The molecular weight excluding hydrogens is 236 g/mol. The topological polar surface area (TPSA) is 55.6 Å². The molecule has 0 aliphatic carbocycles. The third-order valence-electron chi connectivity index (χ3n) is 2.37. The van der Waals surface area contributed by atoms with Crippen LogP contribution < -0.4 is 10.5 Å². The largest absolute Gasteiger partial charge is 0.495 e. The normalized spacial score (nSPS) is 12.7. The van der Waals surface area contributed by atoms with Crippen molar-refractivity contribution in [1.29, 1.82) is 0 Å². The minimum Gasteiger partial charge on any atom is -0.495 e. The number of hydrogen-bond donors (Lipinski definition) is 1. The molecule has 4 nitrogen and oxygen atoms in total. The quantitative estimate of drug-likeness (QED) is 0.780. The monoisotopic (exact) mass is 256 g/mol. The number of methoxy groups -OCH3 is 1. The number of nitrogens with two attached hydrogens (primary N) is 1. The van der Waals surface area contributed by atoms with Gasteiger partial charge in [0.15, 0.2) is 0 Å². The molecule has 1 unspecified atom stereocenters. The summed E-state index contributed by atoms with van der Waals surface area (Å²) in [5, 5.41) is 0. The van der Waals surface area contributed by atoms with E-state index in [-0.39, 0.29) is 0 Å². The van der Waals surface area contributed by atoms with Crippen LogP contribution in [0.25, 0.3) is 0 Å². The SMILES string of the molecule is COc1cc(N)ccc1S(=O)CCCN(C)C. The molecule has 0 saturated carbocycles. The zero-order valence-electron chi connectivity index (χ0n) is 10.6. The molecular formula is C12H20N2O2S. The van der Waals surface area contributed by atoms with Crippen LogP contribution in [0.3, 0.4) is 0 Å². The number of rotatable bonds is 6. The molecule has 1 aromatic rings. The number of benzene rings is 1. The van der Waals surface area contributed by atoms with Gasteiger partial charge in [-0.1, -0.05) is 0 Å². The van der Waals surface area contributed by atoms with Gasteiger partial charge >= 0.3 is 0 Å². The summed E-state index contributed by atoms with van der Waals surface area (Å²) in [4.78, 5) is 2.80. The fourth-order valence-electron chi connectivity index (χ4n) is 1.49. The Morgan fingerprint density at radius 1 is 1.41 bits per heavy atom. The second-order valence-electron chi connectivity index (χ2n) is 4.12. The summed E-state index contributed by atoms with van der Waals surface area (Å²) < 4.78 is 17.3. The molecule has 0 aliphatic rings. The van der Waals surface area contributed by atoms with Gasteiger partial charge in [0.05, 0.1) is 22.8 Å². The summed E-state index contributed by atoms with van der Waals surface area (Å²) in [5.41, 5.74) is 6.28. The first kappa shape index (κ1) is 14.0. The molecule has 0 bridgehead atoms. The summed E-state index contributed by atoms with van der Waals surface area (Å²) in [5.74, 6) is 1.24. The van der Waals surface area contributed by atoms with Crippen LogP contribution in [0.15, 0.2) is 23.1 Å². The zero-order chi connectivity index (χ0) is 12.8. The second-order valence-corrected chi connectivity index (χ2v) is 5.66. The zero-order valence-corrected chi connectivity index (χ0v) is 11.4. The lowest BCUT2D eigenvalue weighted by atomic mass is 10.3. The second kappa shape index (κ2) is 6.61. The Morgan fingerprint density at radius 3 is 2.71 bits per heavy atom. The third-order valence-corrected chi connectivity index (χ3v) is 3.86. The highest BCUT2D eigenvalue weighted by Gasteiger charge is 2.10. The van der Waals surface area contributed by atoms with Gasteiger partial charge in [-0.3, -0.25) is 4.21 Å². The van der Waals surface area contributed by atoms with Crippen LogP contribution in [0.4, 0.5) is 5.69 Å². The fraction of sp³-hybridized carbons (Fsp3) is 0.500. The predicted molar refractivity (Wildman–Crippen MR) is 71.9 cm³/mol. The summed E-state index contributed by atoms with van der Waals surface area (Å²) in [6, 6.07) is 5.24. The van der Waals surface area contributed by atoms with Gasteiger partial charge in [-0.15, -0.1) is 0 Å². The number of anilines is 1. The lowest BCUT2D eigenvalue weighted by Crippen LogP contribution is -2.15. The van der Waals surface area contributed by atoms with Crippen molar-refractivity contribution in [3.8, 4) is 5.75 Å². The van der Waals surface area contributed by atoms with Crippen molar-refractivity contribution < 1.29 is 8.95 Å². The van der Waals surface area contributed by atoms with Gasteiger partial charge in [0.2, 0.25) is 0 Å². The predicted octanol–water partition coefficient (Wildman–Crippen LogP) is 1.34. The van der Waals surface area contributed by atoms with Crippen LogP contribution in [0.2, 0.25) is 0 Å². The first-order valence-electron chi connectivity index (χ1n) is 5.51. The molecule has 2 N–H and O–H groups in total. The molecule has 0 heterocycles. The Balaban J connectivity index is 2.68. The van der Waals surface area contributed by atoms with Crippen molar-refractivity contribution in [2.75, 3.05) is 39.2 Å². The summed E-state index contributed by atoms with van der Waals surface area (Å²) in [6.07, 6.45) is 0.896. The highest BCUT2D eigenvalue weighted by atomic mass is 32.2. The maximum absolute atomic E-state index is 12.1. The molecule has 1 atom stereocenters. The highest BCUT2D eigenvalue weighted by Crippen LogP contribution is 2.25. The Hall–Kier alpha value is -1.07. The lowest BCUT2D eigenvalue weighted by Gasteiger charge is -2.11. The van der Waals surface area contributed by atoms with Crippen molar-refractivity contribution in [3.05, 3.63) is 18.2 Å². The average Bonchev–Trinajstić information content (AvgIpc) is 2.28. The van der Waals surface area contributed by atoms with Crippen LogP contribution in [0.5, 0.6) is 5.75 Å². The summed E-state index contributed by atoms with van der Waals surface area (Å²) in [6.45, 7) is 0.934. The minimum atomic E-state index is -1.03. The van der Waals surface area contributed by atoms with E-state index in [1.54, 1.807) is 25.3 Å².